The Balaban J connectivity index is 1.95. The molecule has 9 nitrogen and oxygen atoms in total. The highest BCUT2D eigenvalue weighted by Gasteiger charge is 2.32. The Morgan fingerprint density at radius 2 is 1.72 bits per heavy atom. The van der Waals surface area contributed by atoms with Crippen LogP contribution in [0.4, 0.5) is 8.78 Å². The van der Waals surface area contributed by atoms with E-state index in [1.54, 1.807) is 18.2 Å². The van der Waals surface area contributed by atoms with Gasteiger partial charge in [-0.15, -0.1) is 0 Å². The maximum Gasteiger partial charge on any atom is 0.281 e. The highest BCUT2D eigenvalue weighted by molar-refractivity contribution is 7.91. The number of pyridine rings is 1. The van der Waals surface area contributed by atoms with Gasteiger partial charge in [0.05, 0.1) is 19.1 Å². The summed E-state index contributed by atoms with van der Waals surface area (Å²) in [7, 11) is -2.03. The van der Waals surface area contributed by atoms with E-state index in [1.807, 2.05) is 6.92 Å². The number of aromatic hydroxyl groups is 1. The lowest BCUT2D eigenvalue weighted by Crippen LogP contribution is -2.30. The average molecular weight is 558 g/mol. The van der Waals surface area contributed by atoms with Gasteiger partial charge in [-0.05, 0) is 42.8 Å². The van der Waals surface area contributed by atoms with Gasteiger partial charge in [-0.1, -0.05) is 25.5 Å². The van der Waals surface area contributed by atoms with Crippen molar-refractivity contribution in [3.8, 4) is 34.2 Å². The summed E-state index contributed by atoms with van der Waals surface area (Å²) in [5.74, 6) is -2.23. The molecule has 0 bridgehead atoms. The average Bonchev–Trinajstić information content (AvgIpc) is 2.91. The maximum atomic E-state index is 15.0. The van der Waals surface area contributed by atoms with E-state index in [4.69, 9.17) is 9.47 Å². The molecule has 0 fully saturated rings. The summed E-state index contributed by atoms with van der Waals surface area (Å²) in [5.41, 5.74) is -0.820. The molecule has 0 unspecified atom stereocenters. The number of methoxy groups -OCH3 is 2. The van der Waals surface area contributed by atoms with Crippen LogP contribution in [0.2, 0.25) is 0 Å². The molecular weight excluding hydrogens is 532 g/mol. The molecule has 2 aromatic heterocycles. The molecule has 0 aliphatic rings. The van der Waals surface area contributed by atoms with Gasteiger partial charge in [0.15, 0.2) is 4.90 Å². The Morgan fingerprint density at radius 3 is 2.28 bits per heavy atom. The molecule has 1 N–H and O–H groups in total. The van der Waals surface area contributed by atoms with Crippen LogP contribution in [-0.4, -0.2) is 42.3 Å². The number of benzene rings is 2. The lowest BCUT2D eigenvalue weighted by atomic mass is 10.1. The number of para-hydroxylation sites is 1. The van der Waals surface area contributed by atoms with E-state index in [0.717, 1.165) is 29.3 Å². The number of aryl methyl sites for hydroxylation is 1. The summed E-state index contributed by atoms with van der Waals surface area (Å²) in [4.78, 5) is 19.8. The molecule has 0 atom stereocenters. The zero-order chi connectivity index (χ0) is 28.3. The second-order valence-electron chi connectivity index (χ2n) is 8.45. The van der Waals surface area contributed by atoms with Crippen molar-refractivity contribution >= 4 is 9.84 Å². The predicted octanol–water partition coefficient (Wildman–Crippen LogP) is 4.47. The topological polar surface area (TPSA) is 121 Å². The third-order valence-electron chi connectivity index (χ3n) is 6.03. The number of hydrogen-bond acceptors (Lipinski definition) is 8. The first-order valence-electron chi connectivity index (χ1n) is 11.9. The van der Waals surface area contributed by atoms with Gasteiger partial charge in [-0.3, -0.25) is 9.36 Å². The second kappa shape index (κ2) is 11.2. The lowest BCUT2D eigenvalue weighted by molar-refractivity contribution is 0.386. The van der Waals surface area contributed by atoms with Crippen LogP contribution in [-0.2, 0) is 16.3 Å². The van der Waals surface area contributed by atoms with E-state index in [9.17, 15) is 22.7 Å². The Morgan fingerprint density at radius 1 is 1.03 bits per heavy atom. The number of hydrogen-bond donors (Lipinski definition) is 1. The van der Waals surface area contributed by atoms with E-state index in [0.29, 0.717) is 12.5 Å². The Labute approximate surface area is 223 Å². The van der Waals surface area contributed by atoms with Gasteiger partial charge in [-0.25, -0.2) is 17.8 Å². The van der Waals surface area contributed by atoms with Crippen LogP contribution in [0.15, 0.2) is 69.3 Å². The molecule has 0 saturated carbocycles. The summed E-state index contributed by atoms with van der Waals surface area (Å²) < 4.78 is 67.4. The van der Waals surface area contributed by atoms with Gasteiger partial charge >= 0.3 is 0 Å². The summed E-state index contributed by atoms with van der Waals surface area (Å²) in [5, 5.41) is 10.7. The van der Waals surface area contributed by atoms with E-state index < -0.39 is 42.8 Å². The minimum atomic E-state index is -4.78. The second-order valence-corrected chi connectivity index (χ2v) is 10.3. The molecular formula is C27H25F2N3O6S. The number of ether oxygens (including phenoxy) is 2. The van der Waals surface area contributed by atoms with Crippen molar-refractivity contribution in [3.63, 3.8) is 0 Å². The highest BCUT2D eigenvalue weighted by Crippen LogP contribution is 2.35. The molecule has 12 heteroatoms. The van der Waals surface area contributed by atoms with Crippen molar-refractivity contribution in [1.82, 2.24) is 14.5 Å². The van der Waals surface area contributed by atoms with Crippen LogP contribution < -0.4 is 15.0 Å². The predicted molar refractivity (Wildman–Crippen MR) is 138 cm³/mol. The summed E-state index contributed by atoms with van der Waals surface area (Å²) in [6, 6.07) is 10.0. The number of nitrogens with zero attached hydrogens (tertiary/aromatic N) is 3. The van der Waals surface area contributed by atoms with Gasteiger partial charge in [0.2, 0.25) is 21.7 Å². The molecule has 0 saturated heterocycles. The number of rotatable bonds is 9. The van der Waals surface area contributed by atoms with Crippen molar-refractivity contribution < 1.29 is 31.8 Å². The Kier molecular flexibility index (Phi) is 7.95. The number of aromatic nitrogens is 3. The molecule has 0 spiro atoms. The van der Waals surface area contributed by atoms with Crippen molar-refractivity contribution in [2.45, 2.75) is 36.0 Å². The zero-order valence-electron chi connectivity index (χ0n) is 21.3. The van der Waals surface area contributed by atoms with E-state index in [2.05, 4.69) is 9.97 Å². The fourth-order valence-electron chi connectivity index (χ4n) is 4.11. The number of unbranched alkanes of at least 4 members (excludes halogenated alkanes) is 1. The lowest BCUT2D eigenvalue weighted by Gasteiger charge is -2.19. The van der Waals surface area contributed by atoms with Crippen LogP contribution in [0.3, 0.4) is 0 Å². The fourth-order valence-corrected chi connectivity index (χ4v) is 5.46. The molecule has 0 radical (unpaired) electrons. The molecule has 39 heavy (non-hydrogen) atoms. The Bertz CT molecular complexity index is 1670. The number of sulfone groups is 1. The quantitative estimate of drug-likeness (QED) is 0.299. The first-order valence-corrected chi connectivity index (χ1v) is 13.3. The van der Waals surface area contributed by atoms with Crippen molar-refractivity contribution in [3.05, 3.63) is 82.7 Å². The standard InChI is InChI=1S/C27H25F2N3O6S/c1-4-5-9-23-31-26(33)25(27(34)32(23)24-20(37-2)7-6-8-21(24)38-3)39(35,36)17-11-12-18(19(28)14-17)16-10-13-22(29)30-15-16/h6-8,10-15,33H,4-5,9H2,1-3H3. The van der Waals surface area contributed by atoms with E-state index in [-0.39, 0.29) is 40.6 Å². The minimum absolute atomic E-state index is 0.0325. The van der Waals surface area contributed by atoms with Crippen molar-refractivity contribution in [1.29, 1.82) is 0 Å². The molecule has 0 amide bonds. The normalized spacial score (nSPS) is 11.4. The third-order valence-corrected chi connectivity index (χ3v) is 7.80. The van der Waals surface area contributed by atoms with Gasteiger partial charge < -0.3 is 14.6 Å². The first-order chi connectivity index (χ1) is 18.6. The van der Waals surface area contributed by atoms with Crippen LogP contribution in [0.5, 0.6) is 17.4 Å². The zero-order valence-corrected chi connectivity index (χ0v) is 22.1. The van der Waals surface area contributed by atoms with Crippen molar-refractivity contribution in [2.75, 3.05) is 14.2 Å². The maximum absolute atomic E-state index is 15.0. The Hall–Kier alpha value is -4.32. The SMILES string of the molecule is CCCCc1nc(O)c(S(=O)(=O)c2ccc(-c3ccc(F)nc3)c(F)c2)c(=O)n1-c1c(OC)cccc1OC. The van der Waals surface area contributed by atoms with Gasteiger partial charge in [0.25, 0.3) is 5.56 Å². The van der Waals surface area contributed by atoms with Gasteiger partial charge in [0.1, 0.15) is 28.8 Å². The monoisotopic (exact) mass is 557 g/mol. The van der Waals surface area contributed by atoms with Crippen molar-refractivity contribution in [2.24, 2.45) is 0 Å². The van der Waals surface area contributed by atoms with Gasteiger partial charge in [0, 0.05) is 23.7 Å². The molecule has 4 aromatic rings. The number of halogens is 2. The van der Waals surface area contributed by atoms with E-state index in [1.165, 1.54) is 26.4 Å². The summed E-state index contributed by atoms with van der Waals surface area (Å²) >= 11 is 0. The van der Waals surface area contributed by atoms with Crippen LogP contribution in [0.1, 0.15) is 25.6 Å². The van der Waals surface area contributed by atoms with Crippen LogP contribution in [0.25, 0.3) is 16.8 Å². The first kappa shape index (κ1) is 27.7. The molecule has 0 aliphatic carbocycles. The molecule has 2 heterocycles. The molecule has 0 aliphatic heterocycles. The molecule has 204 valence electrons. The minimum Gasteiger partial charge on any atom is -0.494 e. The molecule has 4 rings (SSSR count). The highest BCUT2D eigenvalue weighted by atomic mass is 32.2. The largest absolute Gasteiger partial charge is 0.494 e. The third kappa shape index (κ3) is 5.19. The smallest absolute Gasteiger partial charge is 0.281 e. The van der Waals surface area contributed by atoms with Crippen LogP contribution in [0, 0.1) is 11.8 Å². The van der Waals surface area contributed by atoms with Gasteiger partial charge in [-0.2, -0.15) is 9.37 Å². The van der Waals surface area contributed by atoms with E-state index >= 15 is 4.39 Å². The van der Waals surface area contributed by atoms with Crippen LogP contribution >= 0.6 is 0 Å². The summed E-state index contributed by atoms with van der Waals surface area (Å²) in [6.45, 7) is 1.92. The fraction of sp³-hybridized carbons (Fsp3) is 0.222. The molecule has 2 aromatic carbocycles. The summed E-state index contributed by atoms with van der Waals surface area (Å²) in [6.07, 6.45) is 2.65.